The minimum absolute atomic E-state index is 0.919. The van der Waals surface area contributed by atoms with Crippen LogP contribution in [0.15, 0.2) is 42.0 Å². The second-order valence-electron chi connectivity index (χ2n) is 4.50. The van der Waals surface area contributed by atoms with Crippen LogP contribution in [0.1, 0.15) is 38.2 Å². The van der Waals surface area contributed by atoms with E-state index in [1.54, 1.807) is 12.7 Å². The topological polar surface area (TPSA) is 9.23 Å². The minimum Gasteiger partial charge on any atom is -0.497 e. The third-order valence-electron chi connectivity index (χ3n) is 3.22. The highest BCUT2D eigenvalue weighted by atomic mass is 16.5. The Kier molecular flexibility index (Phi) is 4.03. The van der Waals surface area contributed by atoms with E-state index in [4.69, 9.17) is 4.74 Å². The van der Waals surface area contributed by atoms with Crippen molar-refractivity contribution in [2.24, 2.45) is 0 Å². The molecule has 0 spiro atoms. The van der Waals surface area contributed by atoms with E-state index in [1.165, 1.54) is 30.4 Å². The fourth-order valence-electron chi connectivity index (χ4n) is 2.14. The summed E-state index contributed by atoms with van der Waals surface area (Å²) in [6, 6.07) is 8.30. The molecule has 0 aliphatic heterocycles. The quantitative estimate of drug-likeness (QED) is 0.715. The maximum Gasteiger partial charge on any atom is 0.118 e. The monoisotopic (exact) mass is 228 g/mol. The first-order chi connectivity index (χ1) is 8.33. The van der Waals surface area contributed by atoms with Gasteiger partial charge in [-0.1, -0.05) is 43.2 Å². The summed E-state index contributed by atoms with van der Waals surface area (Å²) in [5, 5.41) is 0. The molecule has 0 aromatic heterocycles. The lowest BCUT2D eigenvalue weighted by Gasteiger charge is -2.02. The lowest BCUT2D eigenvalue weighted by molar-refractivity contribution is 0.415. The molecule has 1 aliphatic carbocycles. The maximum absolute atomic E-state index is 5.17. The van der Waals surface area contributed by atoms with Gasteiger partial charge in [-0.05, 0) is 42.5 Å². The molecule has 1 aliphatic rings. The highest BCUT2D eigenvalue weighted by Gasteiger charge is 2.08. The average Bonchev–Trinajstić information content (AvgIpc) is 2.85. The smallest absolute Gasteiger partial charge is 0.118 e. The van der Waals surface area contributed by atoms with E-state index >= 15 is 0 Å². The molecule has 0 bridgehead atoms. The van der Waals surface area contributed by atoms with Gasteiger partial charge in [-0.25, -0.2) is 0 Å². The molecule has 0 N–H and O–H groups in total. The Morgan fingerprint density at radius 1 is 1.18 bits per heavy atom. The van der Waals surface area contributed by atoms with Crippen LogP contribution in [-0.2, 0) is 0 Å². The Morgan fingerprint density at radius 3 is 2.59 bits per heavy atom. The van der Waals surface area contributed by atoms with Gasteiger partial charge in [0.2, 0.25) is 0 Å². The van der Waals surface area contributed by atoms with Crippen molar-refractivity contribution < 1.29 is 4.74 Å². The van der Waals surface area contributed by atoms with Crippen molar-refractivity contribution in [3.8, 4) is 5.75 Å². The summed E-state index contributed by atoms with van der Waals surface area (Å²) in [5.74, 6) is 0.919. The number of hydrogen-bond donors (Lipinski definition) is 0. The SMILES string of the molecule is CCCCC1=CC(c2ccc(OC)cc2)=CC1. The van der Waals surface area contributed by atoms with E-state index < -0.39 is 0 Å². The van der Waals surface area contributed by atoms with E-state index in [0.29, 0.717) is 0 Å². The summed E-state index contributed by atoms with van der Waals surface area (Å²) in [6.07, 6.45) is 9.61. The van der Waals surface area contributed by atoms with Crippen molar-refractivity contribution in [1.29, 1.82) is 0 Å². The Morgan fingerprint density at radius 2 is 1.94 bits per heavy atom. The van der Waals surface area contributed by atoms with Crippen molar-refractivity contribution in [2.45, 2.75) is 32.6 Å². The number of hydrogen-bond acceptors (Lipinski definition) is 1. The molecule has 1 aromatic rings. The van der Waals surface area contributed by atoms with Gasteiger partial charge >= 0.3 is 0 Å². The van der Waals surface area contributed by atoms with Crippen LogP contribution in [-0.4, -0.2) is 7.11 Å². The molecule has 0 saturated heterocycles. The molecule has 1 aromatic carbocycles. The molecule has 0 heterocycles. The molecule has 17 heavy (non-hydrogen) atoms. The second kappa shape index (κ2) is 5.72. The molecule has 0 saturated carbocycles. The molecule has 0 atom stereocenters. The predicted octanol–water partition coefficient (Wildman–Crippen LogP) is 4.60. The van der Waals surface area contributed by atoms with Gasteiger partial charge in [0.15, 0.2) is 0 Å². The maximum atomic E-state index is 5.17. The number of benzene rings is 1. The summed E-state index contributed by atoms with van der Waals surface area (Å²) in [6.45, 7) is 2.24. The molecule has 1 nitrogen and oxygen atoms in total. The van der Waals surface area contributed by atoms with Crippen LogP contribution < -0.4 is 4.74 Å². The third kappa shape index (κ3) is 3.00. The largest absolute Gasteiger partial charge is 0.497 e. The molecule has 0 fully saturated rings. The highest BCUT2D eigenvalue weighted by Crippen LogP contribution is 2.29. The Bertz CT molecular complexity index is 423. The van der Waals surface area contributed by atoms with Crippen LogP contribution in [0.25, 0.3) is 5.57 Å². The first kappa shape index (κ1) is 12.0. The highest BCUT2D eigenvalue weighted by molar-refractivity contribution is 5.77. The van der Waals surface area contributed by atoms with Crippen molar-refractivity contribution in [3.05, 3.63) is 47.6 Å². The molecule has 0 unspecified atom stereocenters. The van der Waals surface area contributed by atoms with Crippen molar-refractivity contribution >= 4 is 5.57 Å². The van der Waals surface area contributed by atoms with Gasteiger partial charge in [0.25, 0.3) is 0 Å². The molecule has 0 radical (unpaired) electrons. The van der Waals surface area contributed by atoms with E-state index in [-0.39, 0.29) is 0 Å². The zero-order valence-electron chi connectivity index (χ0n) is 10.7. The third-order valence-corrected chi connectivity index (χ3v) is 3.22. The molecule has 1 heteroatoms. The van der Waals surface area contributed by atoms with Gasteiger partial charge < -0.3 is 4.74 Å². The minimum atomic E-state index is 0.919. The zero-order chi connectivity index (χ0) is 12.1. The van der Waals surface area contributed by atoms with Crippen molar-refractivity contribution in [3.63, 3.8) is 0 Å². The number of ether oxygens (including phenoxy) is 1. The van der Waals surface area contributed by atoms with E-state index in [9.17, 15) is 0 Å². The van der Waals surface area contributed by atoms with Crippen LogP contribution in [0.5, 0.6) is 5.75 Å². The van der Waals surface area contributed by atoms with Gasteiger partial charge in [-0.3, -0.25) is 0 Å². The van der Waals surface area contributed by atoms with Gasteiger partial charge in [0, 0.05) is 0 Å². The van der Waals surface area contributed by atoms with Crippen LogP contribution in [0.2, 0.25) is 0 Å². The normalized spacial score (nSPS) is 14.5. The Labute approximate surface area is 104 Å². The van der Waals surface area contributed by atoms with Crippen LogP contribution >= 0.6 is 0 Å². The molecule has 0 amide bonds. The fourth-order valence-corrected chi connectivity index (χ4v) is 2.14. The van der Waals surface area contributed by atoms with Crippen LogP contribution in [0.4, 0.5) is 0 Å². The summed E-state index contributed by atoms with van der Waals surface area (Å²) in [7, 11) is 1.70. The number of methoxy groups -OCH3 is 1. The number of allylic oxidation sites excluding steroid dienone is 4. The number of unbranched alkanes of at least 4 members (excludes halogenated alkanes) is 1. The Balaban J connectivity index is 2.05. The summed E-state index contributed by atoms with van der Waals surface area (Å²) < 4.78 is 5.17. The van der Waals surface area contributed by atoms with E-state index in [2.05, 4.69) is 31.2 Å². The van der Waals surface area contributed by atoms with Crippen LogP contribution in [0.3, 0.4) is 0 Å². The van der Waals surface area contributed by atoms with Gasteiger partial charge in [0.05, 0.1) is 7.11 Å². The average molecular weight is 228 g/mol. The van der Waals surface area contributed by atoms with E-state index in [0.717, 1.165) is 12.2 Å². The van der Waals surface area contributed by atoms with Crippen molar-refractivity contribution in [1.82, 2.24) is 0 Å². The summed E-state index contributed by atoms with van der Waals surface area (Å²) in [4.78, 5) is 0. The molecule has 90 valence electrons. The first-order valence-corrected chi connectivity index (χ1v) is 6.37. The summed E-state index contributed by atoms with van der Waals surface area (Å²) in [5.41, 5.74) is 4.22. The first-order valence-electron chi connectivity index (χ1n) is 6.37. The Hall–Kier alpha value is -1.50. The molecule has 2 rings (SSSR count). The standard InChI is InChI=1S/C16H20O/c1-3-4-5-13-6-7-15(12-13)14-8-10-16(17-2)11-9-14/h7-12H,3-6H2,1-2H3. The molecular formula is C16H20O. The summed E-state index contributed by atoms with van der Waals surface area (Å²) >= 11 is 0. The number of rotatable bonds is 5. The van der Waals surface area contributed by atoms with Gasteiger partial charge in [-0.2, -0.15) is 0 Å². The van der Waals surface area contributed by atoms with Gasteiger partial charge in [0.1, 0.15) is 5.75 Å². The van der Waals surface area contributed by atoms with E-state index in [1.807, 2.05) is 12.1 Å². The lowest BCUT2D eigenvalue weighted by Crippen LogP contribution is -1.83. The fraction of sp³-hybridized carbons (Fsp3) is 0.375. The van der Waals surface area contributed by atoms with Crippen LogP contribution in [0, 0.1) is 0 Å². The van der Waals surface area contributed by atoms with Gasteiger partial charge in [-0.15, -0.1) is 0 Å². The predicted molar refractivity (Wildman–Crippen MR) is 73.2 cm³/mol. The second-order valence-corrected chi connectivity index (χ2v) is 4.50. The molecular weight excluding hydrogens is 208 g/mol. The lowest BCUT2D eigenvalue weighted by atomic mass is 10.1. The zero-order valence-corrected chi connectivity index (χ0v) is 10.7. The van der Waals surface area contributed by atoms with Crippen molar-refractivity contribution in [2.75, 3.05) is 7.11 Å².